The molecular weight excluding hydrogens is 378 g/mol. The lowest BCUT2D eigenvalue weighted by Gasteiger charge is -2.09. The van der Waals surface area contributed by atoms with E-state index in [2.05, 4.69) is 15.4 Å². The van der Waals surface area contributed by atoms with Crippen molar-refractivity contribution in [1.29, 1.82) is 0 Å². The van der Waals surface area contributed by atoms with E-state index in [4.69, 9.17) is 0 Å². The molecule has 2 amide bonds. The molecule has 0 saturated carbocycles. The minimum Gasteiger partial charge on any atom is -0.355 e. The van der Waals surface area contributed by atoms with Gasteiger partial charge in [0.05, 0.1) is 4.90 Å². The number of rotatable bonds is 8. The number of carbonyl (C=O) groups excluding carboxylic acids is 2. The maximum Gasteiger partial charge on any atom is 0.251 e. The Labute approximate surface area is 165 Å². The number of anilines is 1. The first-order valence-electron chi connectivity index (χ1n) is 8.92. The number of benzene rings is 2. The Balaban J connectivity index is 1.80. The molecule has 0 radical (unpaired) electrons. The number of carbonyl (C=O) groups is 2. The lowest BCUT2D eigenvalue weighted by atomic mass is 10.1. The van der Waals surface area contributed by atoms with Gasteiger partial charge in [-0.3, -0.25) is 9.59 Å². The van der Waals surface area contributed by atoms with Crippen LogP contribution in [0.25, 0.3) is 0 Å². The van der Waals surface area contributed by atoms with Crippen LogP contribution in [0.2, 0.25) is 0 Å². The van der Waals surface area contributed by atoms with Gasteiger partial charge < -0.3 is 10.6 Å². The molecule has 3 N–H and O–H groups in total. The van der Waals surface area contributed by atoms with Crippen molar-refractivity contribution in [3.05, 3.63) is 59.2 Å². The molecule has 0 saturated heterocycles. The maximum atomic E-state index is 12.3. The fourth-order valence-corrected chi connectivity index (χ4v) is 3.65. The molecule has 0 aromatic heterocycles. The van der Waals surface area contributed by atoms with Crippen molar-refractivity contribution >= 4 is 27.5 Å². The number of amides is 2. The topological polar surface area (TPSA) is 104 Å². The highest BCUT2D eigenvalue weighted by Gasteiger charge is 2.14. The van der Waals surface area contributed by atoms with E-state index in [0.717, 1.165) is 11.1 Å². The van der Waals surface area contributed by atoms with E-state index in [0.29, 0.717) is 17.7 Å². The second kappa shape index (κ2) is 9.48. The number of nitrogens with one attached hydrogen (secondary N) is 3. The average molecular weight is 404 g/mol. The molecule has 28 heavy (non-hydrogen) atoms. The number of hydrogen-bond acceptors (Lipinski definition) is 4. The van der Waals surface area contributed by atoms with E-state index in [1.54, 1.807) is 49.5 Å². The Kier molecular flexibility index (Phi) is 7.31. The molecule has 0 fully saturated rings. The first kappa shape index (κ1) is 21.6. The molecule has 2 aromatic carbocycles. The summed E-state index contributed by atoms with van der Waals surface area (Å²) < 4.78 is 27.1. The zero-order valence-corrected chi connectivity index (χ0v) is 17.0. The fraction of sp³-hybridized carbons (Fsp3) is 0.300. The first-order chi connectivity index (χ1) is 13.2. The van der Waals surface area contributed by atoms with Gasteiger partial charge in [0.15, 0.2) is 0 Å². The summed E-state index contributed by atoms with van der Waals surface area (Å²) in [4.78, 5) is 23.7. The smallest absolute Gasteiger partial charge is 0.251 e. The maximum absolute atomic E-state index is 12.3. The van der Waals surface area contributed by atoms with Gasteiger partial charge in [0.1, 0.15) is 0 Å². The molecular formula is C20H25N3O4S. The van der Waals surface area contributed by atoms with Gasteiger partial charge >= 0.3 is 0 Å². The van der Waals surface area contributed by atoms with Crippen LogP contribution in [-0.2, 0) is 14.8 Å². The molecule has 0 heterocycles. The third-order valence-electron chi connectivity index (χ3n) is 4.32. The molecule has 0 bridgehead atoms. The van der Waals surface area contributed by atoms with E-state index in [1.807, 2.05) is 13.8 Å². The normalized spacial score (nSPS) is 11.1. The van der Waals surface area contributed by atoms with Crippen LogP contribution in [-0.4, -0.2) is 33.8 Å². The van der Waals surface area contributed by atoms with E-state index in [9.17, 15) is 18.0 Å². The summed E-state index contributed by atoms with van der Waals surface area (Å²) in [5.74, 6) is -0.424. The molecule has 0 aliphatic rings. The molecule has 0 aliphatic carbocycles. The standard InChI is InChI=1S/C20H25N3O4S/c1-14-6-11-18(13-15(14)2)28(26,27)22-12-4-5-19(24)23-17-9-7-16(8-10-17)20(25)21-3/h6-11,13,22H,4-5,12H2,1-3H3,(H,21,25)(H,23,24). The van der Waals surface area contributed by atoms with Gasteiger partial charge in [0.2, 0.25) is 15.9 Å². The largest absolute Gasteiger partial charge is 0.355 e. The Hall–Kier alpha value is -2.71. The lowest BCUT2D eigenvalue weighted by molar-refractivity contribution is -0.116. The number of aryl methyl sites for hydroxylation is 2. The third-order valence-corrected chi connectivity index (χ3v) is 5.78. The quantitative estimate of drug-likeness (QED) is 0.589. The summed E-state index contributed by atoms with van der Waals surface area (Å²) in [5, 5.41) is 5.24. The Morgan fingerprint density at radius 2 is 1.64 bits per heavy atom. The molecule has 7 nitrogen and oxygen atoms in total. The molecule has 8 heteroatoms. The molecule has 0 aliphatic heterocycles. The highest BCUT2D eigenvalue weighted by atomic mass is 32.2. The van der Waals surface area contributed by atoms with Crippen molar-refractivity contribution in [2.45, 2.75) is 31.6 Å². The molecule has 0 spiro atoms. The van der Waals surface area contributed by atoms with Crippen LogP contribution in [0.3, 0.4) is 0 Å². The van der Waals surface area contributed by atoms with Gasteiger partial charge in [-0.15, -0.1) is 0 Å². The van der Waals surface area contributed by atoms with Crippen LogP contribution >= 0.6 is 0 Å². The molecule has 2 rings (SSSR count). The molecule has 0 unspecified atom stereocenters. The fourth-order valence-electron chi connectivity index (χ4n) is 2.49. The van der Waals surface area contributed by atoms with Crippen molar-refractivity contribution in [2.24, 2.45) is 0 Å². The highest BCUT2D eigenvalue weighted by Crippen LogP contribution is 2.15. The average Bonchev–Trinajstić information content (AvgIpc) is 2.67. The van der Waals surface area contributed by atoms with E-state index in [1.165, 1.54) is 0 Å². The number of sulfonamides is 1. The zero-order chi connectivity index (χ0) is 20.7. The lowest BCUT2D eigenvalue weighted by Crippen LogP contribution is -2.26. The van der Waals surface area contributed by atoms with Crippen molar-refractivity contribution in [2.75, 3.05) is 18.9 Å². The van der Waals surface area contributed by atoms with E-state index < -0.39 is 10.0 Å². The predicted molar refractivity (Wildman–Crippen MR) is 109 cm³/mol. The highest BCUT2D eigenvalue weighted by molar-refractivity contribution is 7.89. The van der Waals surface area contributed by atoms with E-state index in [-0.39, 0.29) is 29.7 Å². The van der Waals surface area contributed by atoms with Gasteiger partial charge in [-0.05, 0) is 67.8 Å². The van der Waals surface area contributed by atoms with Crippen molar-refractivity contribution in [3.63, 3.8) is 0 Å². The van der Waals surface area contributed by atoms with Crippen LogP contribution < -0.4 is 15.4 Å². The summed E-state index contributed by atoms with van der Waals surface area (Å²) in [5.41, 5.74) is 3.01. The van der Waals surface area contributed by atoms with Gasteiger partial charge in [0.25, 0.3) is 5.91 Å². The minimum absolute atomic E-state index is 0.165. The molecule has 2 aromatic rings. The number of hydrogen-bond donors (Lipinski definition) is 3. The summed E-state index contributed by atoms with van der Waals surface area (Å²) in [6, 6.07) is 11.5. The molecule has 150 valence electrons. The summed E-state index contributed by atoms with van der Waals surface area (Å²) >= 11 is 0. The van der Waals surface area contributed by atoms with Crippen LogP contribution in [0, 0.1) is 13.8 Å². The van der Waals surface area contributed by atoms with Gasteiger partial charge in [0, 0.05) is 31.3 Å². The Morgan fingerprint density at radius 1 is 0.964 bits per heavy atom. The van der Waals surface area contributed by atoms with Crippen molar-refractivity contribution < 1.29 is 18.0 Å². The summed E-state index contributed by atoms with van der Waals surface area (Å²) in [6.45, 7) is 3.95. The first-order valence-corrected chi connectivity index (χ1v) is 10.4. The second-order valence-corrected chi connectivity index (χ2v) is 8.22. The third kappa shape index (κ3) is 5.90. The predicted octanol–water partition coefficient (Wildman–Crippen LogP) is 2.36. The van der Waals surface area contributed by atoms with Gasteiger partial charge in [-0.25, -0.2) is 13.1 Å². The van der Waals surface area contributed by atoms with Gasteiger partial charge in [-0.2, -0.15) is 0 Å². The monoisotopic (exact) mass is 403 g/mol. The van der Waals surface area contributed by atoms with Crippen LogP contribution in [0.4, 0.5) is 5.69 Å². The Morgan fingerprint density at radius 3 is 2.25 bits per heavy atom. The van der Waals surface area contributed by atoms with Crippen LogP contribution in [0.1, 0.15) is 34.3 Å². The van der Waals surface area contributed by atoms with E-state index >= 15 is 0 Å². The van der Waals surface area contributed by atoms with Gasteiger partial charge in [-0.1, -0.05) is 6.07 Å². The minimum atomic E-state index is -3.59. The van der Waals surface area contributed by atoms with Crippen molar-refractivity contribution in [3.8, 4) is 0 Å². The van der Waals surface area contributed by atoms with Crippen molar-refractivity contribution in [1.82, 2.24) is 10.0 Å². The zero-order valence-electron chi connectivity index (χ0n) is 16.2. The summed E-state index contributed by atoms with van der Waals surface area (Å²) in [6.07, 6.45) is 0.541. The van der Waals surface area contributed by atoms with Crippen LogP contribution in [0.15, 0.2) is 47.4 Å². The molecule has 0 atom stereocenters. The Bertz CT molecular complexity index is 954. The summed E-state index contributed by atoms with van der Waals surface area (Å²) in [7, 11) is -2.04. The van der Waals surface area contributed by atoms with Crippen LogP contribution in [0.5, 0.6) is 0 Å². The SMILES string of the molecule is CNC(=O)c1ccc(NC(=O)CCCNS(=O)(=O)c2ccc(C)c(C)c2)cc1. The second-order valence-electron chi connectivity index (χ2n) is 6.45.